The summed E-state index contributed by atoms with van der Waals surface area (Å²) >= 11 is 1.14. The second-order valence-electron chi connectivity index (χ2n) is 6.63. The molecule has 0 unspecified atom stereocenters. The number of nitrogens with one attached hydrogen (secondary N) is 2. The van der Waals surface area contributed by atoms with E-state index in [9.17, 15) is 24.1 Å². The van der Waals surface area contributed by atoms with Crippen LogP contribution in [0.25, 0.3) is 0 Å². The van der Waals surface area contributed by atoms with Gasteiger partial charge >= 0.3 is 0 Å². The smallest absolute Gasteiger partial charge is 0.269 e. The number of hydrogen-bond donors (Lipinski definition) is 2. The number of benzene rings is 2. The van der Waals surface area contributed by atoms with E-state index < -0.39 is 10.7 Å². The van der Waals surface area contributed by atoms with Crippen LogP contribution >= 0.6 is 11.8 Å². The minimum Gasteiger partial charge on any atom is -0.345 e. The zero-order chi connectivity index (χ0) is 23.8. The maximum Gasteiger partial charge on any atom is 0.269 e. The Balaban J connectivity index is 1.58. The van der Waals surface area contributed by atoms with Crippen LogP contribution in [-0.2, 0) is 17.9 Å². The molecule has 33 heavy (non-hydrogen) atoms. The fourth-order valence-electron chi connectivity index (χ4n) is 2.73. The van der Waals surface area contributed by atoms with Crippen LogP contribution in [0.4, 0.5) is 15.8 Å². The van der Waals surface area contributed by atoms with Crippen molar-refractivity contribution in [1.82, 2.24) is 20.1 Å². The van der Waals surface area contributed by atoms with Gasteiger partial charge in [0.25, 0.3) is 11.6 Å². The second kappa shape index (κ2) is 11.0. The maximum absolute atomic E-state index is 13.0. The third kappa shape index (κ3) is 6.46. The van der Waals surface area contributed by atoms with Gasteiger partial charge in [-0.2, -0.15) is 0 Å². The van der Waals surface area contributed by atoms with Gasteiger partial charge in [-0.1, -0.05) is 17.8 Å². The molecule has 0 saturated carbocycles. The van der Waals surface area contributed by atoms with Gasteiger partial charge in [-0.3, -0.25) is 19.7 Å². The Morgan fingerprint density at radius 2 is 1.85 bits per heavy atom. The van der Waals surface area contributed by atoms with E-state index >= 15 is 0 Å². The summed E-state index contributed by atoms with van der Waals surface area (Å²) in [4.78, 5) is 34.7. The van der Waals surface area contributed by atoms with Crippen LogP contribution in [0.15, 0.2) is 66.3 Å². The summed E-state index contributed by atoms with van der Waals surface area (Å²) in [5.41, 5.74) is 0.672. The highest BCUT2D eigenvalue weighted by atomic mass is 32.2. The van der Waals surface area contributed by atoms with Crippen molar-refractivity contribution in [2.75, 3.05) is 11.1 Å². The molecular weight excluding hydrogens is 451 g/mol. The Morgan fingerprint density at radius 1 is 1.15 bits per heavy atom. The fraction of sp³-hybridized carbons (Fsp3) is 0.143. The molecular formula is C21H19FN6O4S. The number of thioether (sulfide) groups is 1. The van der Waals surface area contributed by atoms with Crippen molar-refractivity contribution < 1.29 is 18.9 Å². The Bertz CT molecular complexity index is 1160. The molecule has 0 fully saturated rings. The molecule has 10 nitrogen and oxygen atoms in total. The van der Waals surface area contributed by atoms with Crippen LogP contribution in [0.5, 0.6) is 0 Å². The van der Waals surface area contributed by atoms with Crippen molar-refractivity contribution in [1.29, 1.82) is 0 Å². The van der Waals surface area contributed by atoms with Crippen LogP contribution < -0.4 is 10.6 Å². The zero-order valence-electron chi connectivity index (χ0n) is 17.2. The molecule has 2 N–H and O–H groups in total. The number of anilines is 1. The average molecular weight is 470 g/mol. The van der Waals surface area contributed by atoms with Crippen molar-refractivity contribution in [3.05, 3.63) is 88.5 Å². The van der Waals surface area contributed by atoms with Gasteiger partial charge in [-0.05, 0) is 36.4 Å². The first-order valence-electron chi connectivity index (χ1n) is 9.61. The average Bonchev–Trinajstić information content (AvgIpc) is 3.18. The van der Waals surface area contributed by atoms with E-state index in [1.807, 2.05) is 0 Å². The molecule has 170 valence electrons. The van der Waals surface area contributed by atoms with Gasteiger partial charge in [0.2, 0.25) is 5.91 Å². The quantitative estimate of drug-likeness (QED) is 0.201. The number of nitrogens with zero attached hydrogens (tertiary/aromatic N) is 4. The van der Waals surface area contributed by atoms with Gasteiger partial charge in [0.1, 0.15) is 5.82 Å². The first-order valence-corrected chi connectivity index (χ1v) is 10.6. The van der Waals surface area contributed by atoms with Gasteiger partial charge in [-0.25, -0.2) is 4.39 Å². The van der Waals surface area contributed by atoms with Crippen LogP contribution in [-0.4, -0.2) is 37.3 Å². The predicted molar refractivity (Wildman–Crippen MR) is 120 cm³/mol. The molecule has 0 spiro atoms. The molecule has 2 aromatic carbocycles. The number of hydrogen-bond acceptors (Lipinski definition) is 7. The first kappa shape index (κ1) is 23.6. The Labute approximate surface area is 192 Å². The topological polar surface area (TPSA) is 132 Å². The van der Waals surface area contributed by atoms with Gasteiger partial charge < -0.3 is 15.2 Å². The lowest BCUT2D eigenvalue weighted by molar-refractivity contribution is -0.384. The zero-order valence-corrected chi connectivity index (χ0v) is 18.0. The molecule has 0 saturated heterocycles. The predicted octanol–water partition coefficient (Wildman–Crippen LogP) is 3.17. The summed E-state index contributed by atoms with van der Waals surface area (Å²) in [5, 5.41) is 24.7. The molecule has 3 aromatic rings. The Kier molecular flexibility index (Phi) is 7.86. The van der Waals surface area contributed by atoms with E-state index in [-0.39, 0.29) is 29.8 Å². The molecule has 0 aliphatic rings. The summed E-state index contributed by atoms with van der Waals surface area (Å²) in [6, 6.07) is 10.7. The van der Waals surface area contributed by atoms with Gasteiger partial charge in [-0.15, -0.1) is 16.8 Å². The van der Waals surface area contributed by atoms with E-state index in [0.717, 1.165) is 11.8 Å². The molecule has 0 radical (unpaired) electrons. The number of nitro benzene ring substituents is 1. The number of nitro groups is 1. The van der Waals surface area contributed by atoms with Crippen molar-refractivity contribution >= 4 is 35.0 Å². The van der Waals surface area contributed by atoms with Crippen LogP contribution in [0.2, 0.25) is 0 Å². The van der Waals surface area contributed by atoms with E-state index in [1.54, 1.807) is 10.6 Å². The number of carbonyl (C=O) groups is 2. The first-order chi connectivity index (χ1) is 15.9. The third-order valence-corrected chi connectivity index (χ3v) is 5.28. The minimum atomic E-state index is -0.520. The summed E-state index contributed by atoms with van der Waals surface area (Å²) in [7, 11) is 0. The van der Waals surface area contributed by atoms with Crippen molar-refractivity contribution in [2.24, 2.45) is 0 Å². The summed E-state index contributed by atoms with van der Waals surface area (Å²) < 4.78 is 14.7. The summed E-state index contributed by atoms with van der Waals surface area (Å²) in [6.45, 7) is 4.14. The highest BCUT2D eigenvalue weighted by Gasteiger charge is 2.15. The van der Waals surface area contributed by atoms with E-state index in [1.165, 1.54) is 48.5 Å². The highest BCUT2D eigenvalue weighted by Crippen LogP contribution is 2.19. The van der Waals surface area contributed by atoms with Gasteiger partial charge in [0.15, 0.2) is 11.0 Å². The maximum atomic E-state index is 13.0. The fourth-order valence-corrected chi connectivity index (χ4v) is 3.49. The molecule has 1 heterocycles. The summed E-state index contributed by atoms with van der Waals surface area (Å²) in [5.74, 6) is -0.665. The number of halogens is 1. The molecule has 0 bridgehead atoms. The van der Waals surface area contributed by atoms with Crippen molar-refractivity contribution in [3.63, 3.8) is 0 Å². The van der Waals surface area contributed by atoms with Crippen molar-refractivity contribution in [3.8, 4) is 0 Å². The molecule has 1 aromatic heterocycles. The number of carbonyl (C=O) groups excluding carboxylic acids is 2. The third-order valence-electron chi connectivity index (χ3n) is 4.31. The second-order valence-corrected chi connectivity index (χ2v) is 7.57. The van der Waals surface area contributed by atoms with E-state index in [4.69, 9.17) is 0 Å². The van der Waals surface area contributed by atoms with Crippen LogP contribution in [0.3, 0.4) is 0 Å². The lowest BCUT2D eigenvalue weighted by Gasteiger charge is -2.09. The normalized spacial score (nSPS) is 10.5. The molecule has 12 heteroatoms. The molecule has 3 rings (SSSR count). The van der Waals surface area contributed by atoms with Gasteiger partial charge in [0, 0.05) is 29.9 Å². The Hall–Kier alpha value is -4.06. The lowest BCUT2D eigenvalue weighted by Crippen LogP contribution is -2.25. The van der Waals surface area contributed by atoms with E-state index in [2.05, 4.69) is 27.4 Å². The van der Waals surface area contributed by atoms with E-state index in [0.29, 0.717) is 28.8 Å². The largest absolute Gasteiger partial charge is 0.345 e. The van der Waals surface area contributed by atoms with Crippen LogP contribution in [0.1, 0.15) is 16.2 Å². The van der Waals surface area contributed by atoms with Crippen LogP contribution in [0, 0.1) is 15.9 Å². The standard InChI is InChI=1S/C21H19FN6O4S/c1-2-11-27-18(12-23-20(30)14-3-5-15(22)6-4-14)25-26-21(27)33-13-19(29)24-16-7-9-17(10-8-16)28(31)32/h2-10H,1,11-13H2,(H,23,30)(H,24,29). The monoisotopic (exact) mass is 470 g/mol. The number of aromatic nitrogens is 3. The SMILES string of the molecule is C=CCn1c(CNC(=O)c2ccc(F)cc2)nnc1SCC(=O)Nc1ccc([N+](=O)[O-])cc1. The van der Waals surface area contributed by atoms with Crippen molar-refractivity contribution in [2.45, 2.75) is 18.2 Å². The molecule has 0 aliphatic carbocycles. The number of rotatable bonds is 10. The Morgan fingerprint density at radius 3 is 2.48 bits per heavy atom. The number of non-ortho nitro benzene ring substituents is 1. The molecule has 2 amide bonds. The number of allylic oxidation sites excluding steroid dienone is 1. The summed E-state index contributed by atoms with van der Waals surface area (Å²) in [6.07, 6.45) is 1.63. The van der Waals surface area contributed by atoms with Gasteiger partial charge in [0.05, 0.1) is 17.2 Å². The molecule has 0 aliphatic heterocycles. The minimum absolute atomic E-state index is 0.0220. The number of amides is 2. The highest BCUT2D eigenvalue weighted by molar-refractivity contribution is 7.99. The lowest BCUT2D eigenvalue weighted by atomic mass is 10.2. The molecule has 0 atom stereocenters.